The van der Waals surface area contributed by atoms with E-state index >= 15 is 0 Å². The lowest BCUT2D eigenvalue weighted by Crippen LogP contribution is -2.26. The van der Waals surface area contributed by atoms with Gasteiger partial charge in [-0.1, -0.05) is 12.1 Å². The van der Waals surface area contributed by atoms with Gasteiger partial charge in [-0.05, 0) is 32.9 Å². The quantitative estimate of drug-likeness (QED) is 0.909. The molecular weight excluding hydrogens is 296 g/mol. The van der Waals surface area contributed by atoms with Gasteiger partial charge >= 0.3 is 0 Å². The second-order valence-electron chi connectivity index (χ2n) is 4.49. The smallest absolute Gasteiger partial charge is 0.244 e. The molecule has 2 rings (SSSR count). The second kappa shape index (κ2) is 5.51. The van der Waals surface area contributed by atoms with E-state index in [-0.39, 0.29) is 10.6 Å². The SMILES string of the molecule is Cc1nc(C)c(C(C)NS(=O)(=O)c2ccccc2O)s1. The van der Waals surface area contributed by atoms with Gasteiger partial charge < -0.3 is 5.11 Å². The van der Waals surface area contributed by atoms with Crippen molar-refractivity contribution < 1.29 is 13.5 Å². The van der Waals surface area contributed by atoms with E-state index in [9.17, 15) is 13.5 Å². The molecule has 1 atom stereocenters. The van der Waals surface area contributed by atoms with Crippen molar-refractivity contribution in [2.45, 2.75) is 31.7 Å². The first-order valence-electron chi connectivity index (χ1n) is 6.05. The van der Waals surface area contributed by atoms with Gasteiger partial charge in [0.25, 0.3) is 0 Å². The Kier molecular flexibility index (Phi) is 4.12. The van der Waals surface area contributed by atoms with Gasteiger partial charge in [0.05, 0.1) is 16.7 Å². The molecule has 0 amide bonds. The summed E-state index contributed by atoms with van der Waals surface area (Å²) in [5, 5.41) is 10.6. The predicted octanol–water partition coefficient (Wildman–Crippen LogP) is 2.51. The highest BCUT2D eigenvalue weighted by Gasteiger charge is 2.23. The minimum atomic E-state index is -3.77. The highest BCUT2D eigenvalue weighted by atomic mass is 32.2. The molecule has 1 heterocycles. The van der Waals surface area contributed by atoms with E-state index in [1.54, 1.807) is 19.1 Å². The molecule has 0 saturated carbocycles. The first-order valence-corrected chi connectivity index (χ1v) is 8.35. The highest BCUT2D eigenvalue weighted by molar-refractivity contribution is 7.89. The molecule has 0 saturated heterocycles. The first kappa shape index (κ1) is 15.0. The molecule has 0 bridgehead atoms. The predicted molar refractivity (Wildman–Crippen MR) is 78.4 cm³/mol. The minimum Gasteiger partial charge on any atom is -0.507 e. The van der Waals surface area contributed by atoms with Crippen molar-refractivity contribution >= 4 is 21.4 Å². The molecule has 0 aliphatic carbocycles. The van der Waals surface area contributed by atoms with Crippen molar-refractivity contribution in [2.24, 2.45) is 0 Å². The summed E-state index contributed by atoms with van der Waals surface area (Å²) >= 11 is 1.46. The number of aryl methyl sites for hydroxylation is 2. The number of aromatic hydroxyl groups is 1. The fraction of sp³-hybridized carbons (Fsp3) is 0.308. The summed E-state index contributed by atoms with van der Waals surface area (Å²) in [6, 6.07) is 5.47. The normalized spacial score (nSPS) is 13.3. The molecule has 1 aromatic carbocycles. The van der Waals surface area contributed by atoms with Gasteiger partial charge in [0.2, 0.25) is 10.0 Å². The summed E-state index contributed by atoms with van der Waals surface area (Å²) < 4.78 is 27.1. The number of nitrogens with one attached hydrogen (secondary N) is 1. The number of aromatic nitrogens is 1. The van der Waals surface area contributed by atoms with Gasteiger partial charge in [-0.15, -0.1) is 11.3 Å². The van der Waals surface area contributed by atoms with Crippen LogP contribution in [0.25, 0.3) is 0 Å². The van der Waals surface area contributed by atoms with E-state index in [2.05, 4.69) is 9.71 Å². The van der Waals surface area contributed by atoms with Crippen LogP contribution in [-0.4, -0.2) is 18.5 Å². The molecule has 5 nitrogen and oxygen atoms in total. The largest absolute Gasteiger partial charge is 0.507 e. The molecule has 2 aromatic rings. The molecule has 1 unspecified atom stereocenters. The lowest BCUT2D eigenvalue weighted by atomic mass is 10.2. The molecule has 108 valence electrons. The summed E-state index contributed by atoms with van der Waals surface area (Å²) in [6.45, 7) is 5.49. The zero-order chi connectivity index (χ0) is 14.9. The molecule has 20 heavy (non-hydrogen) atoms. The number of para-hydroxylation sites is 1. The Balaban J connectivity index is 2.29. The van der Waals surface area contributed by atoms with Crippen LogP contribution in [-0.2, 0) is 10.0 Å². The van der Waals surface area contributed by atoms with Gasteiger partial charge in [-0.3, -0.25) is 0 Å². The summed E-state index contributed by atoms with van der Waals surface area (Å²) in [4.78, 5) is 5.04. The summed E-state index contributed by atoms with van der Waals surface area (Å²) in [6.07, 6.45) is 0. The molecule has 7 heteroatoms. The number of phenolic OH excluding ortho intramolecular Hbond substituents is 1. The Hall–Kier alpha value is -1.44. The maximum Gasteiger partial charge on any atom is 0.244 e. The van der Waals surface area contributed by atoms with Crippen LogP contribution in [0.1, 0.15) is 28.5 Å². The van der Waals surface area contributed by atoms with Crippen LogP contribution in [0.15, 0.2) is 29.2 Å². The van der Waals surface area contributed by atoms with E-state index in [4.69, 9.17) is 0 Å². The number of nitrogens with zero attached hydrogens (tertiary/aromatic N) is 1. The average molecular weight is 312 g/mol. The third-order valence-corrected chi connectivity index (χ3v) is 5.66. The molecule has 0 fully saturated rings. The number of sulfonamides is 1. The summed E-state index contributed by atoms with van der Waals surface area (Å²) in [5.74, 6) is -0.260. The average Bonchev–Trinajstić information content (AvgIpc) is 2.68. The van der Waals surface area contributed by atoms with E-state index in [1.165, 1.54) is 23.5 Å². The Morgan fingerprint density at radius 1 is 1.30 bits per heavy atom. The number of rotatable bonds is 4. The van der Waals surface area contributed by atoms with Crippen LogP contribution < -0.4 is 4.72 Å². The number of thiazole rings is 1. The molecule has 0 aliphatic heterocycles. The van der Waals surface area contributed by atoms with Crippen LogP contribution in [0, 0.1) is 13.8 Å². The van der Waals surface area contributed by atoms with Gasteiger partial charge in [0.15, 0.2) is 0 Å². The number of hydrogen-bond acceptors (Lipinski definition) is 5. The van der Waals surface area contributed by atoms with E-state index in [1.807, 2.05) is 13.8 Å². The van der Waals surface area contributed by atoms with Crippen LogP contribution in [0.5, 0.6) is 5.75 Å². The summed E-state index contributed by atoms with van der Waals surface area (Å²) in [7, 11) is -3.77. The number of phenols is 1. The minimum absolute atomic E-state index is 0.120. The monoisotopic (exact) mass is 312 g/mol. The van der Waals surface area contributed by atoms with Crippen molar-refractivity contribution in [3.63, 3.8) is 0 Å². The zero-order valence-electron chi connectivity index (χ0n) is 11.4. The highest BCUT2D eigenvalue weighted by Crippen LogP contribution is 2.27. The van der Waals surface area contributed by atoms with Crippen LogP contribution in [0.2, 0.25) is 0 Å². The number of hydrogen-bond donors (Lipinski definition) is 2. The first-order chi connectivity index (χ1) is 9.31. The number of benzene rings is 1. The third-order valence-electron chi connectivity index (χ3n) is 2.82. The van der Waals surface area contributed by atoms with Crippen molar-refractivity contribution in [3.8, 4) is 5.75 Å². The van der Waals surface area contributed by atoms with Gasteiger partial charge in [0.1, 0.15) is 10.6 Å². The van der Waals surface area contributed by atoms with Gasteiger partial charge in [-0.2, -0.15) is 0 Å². The van der Waals surface area contributed by atoms with Gasteiger partial charge in [0, 0.05) is 4.88 Å². The van der Waals surface area contributed by atoms with Gasteiger partial charge in [-0.25, -0.2) is 18.1 Å². The second-order valence-corrected chi connectivity index (χ2v) is 7.41. The zero-order valence-corrected chi connectivity index (χ0v) is 13.0. The fourth-order valence-electron chi connectivity index (χ4n) is 1.98. The standard InChI is InChI=1S/C13H16N2O3S2/c1-8-13(19-10(3)14-8)9(2)15-20(17,18)12-7-5-4-6-11(12)16/h4-7,9,15-16H,1-3H3. The van der Waals surface area contributed by atoms with Crippen LogP contribution in [0.3, 0.4) is 0 Å². The van der Waals surface area contributed by atoms with Crippen LogP contribution in [0.4, 0.5) is 0 Å². The Bertz CT molecular complexity index is 723. The Labute approximate surface area is 122 Å². The van der Waals surface area contributed by atoms with E-state index < -0.39 is 16.1 Å². The van der Waals surface area contributed by atoms with Crippen molar-refractivity contribution in [3.05, 3.63) is 39.8 Å². The molecule has 0 spiro atoms. The maximum atomic E-state index is 12.3. The van der Waals surface area contributed by atoms with Crippen molar-refractivity contribution in [1.29, 1.82) is 0 Å². The lowest BCUT2D eigenvalue weighted by Gasteiger charge is -2.14. The Morgan fingerprint density at radius 2 is 1.95 bits per heavy atom. The third kappa shape index (κ3) is 3.00. The van der Waals surface area contributed by atoms with Crippen molar-refractivity contribution in [2.75, 3.05) is 0 Å². The molecule has 2 N–H and O–H groups in total. The molecule has 0 radical (unpaired) electrons. The molecule has 0 aliphatic rings. The lowest BCUT2D eigenvalue weighted by molar-refractivity contribution is 0.457. The molecule has 1 aromatic heterocycles. The van der Waals surface area contributed by atoms with E-state index in [0.717, 1.165) is 15.6 Å². The van der Waals surface area contributed by atoms with Crippen LogP contribution >= 0.6 is 11.3 Å². The topological polar surface area (TPSA) is 79.3 Å². The van der Waals surface area contributed by atoms with E-state index in [0.29, 0.717) is 0 Å². The molecular formula is C13H16N2O3S2. The fourth-order valence-corrected chi connectivity index (χ4v) is 4.30. The summed E-state index contributed by atoms with van der Waals surface area (Å²) in [5.41, 5.74) is 0.819. The maximum absolute atomic E-state index is 12.3. The van der Waals surface area contributed by atoms with Crippen molar-refractivity contribution in [1.82, 2.24) is 9.71 Å². The Morgan fingerprint density at radius 3 is 2.50 bits per heavy atom.